The normalized spacial score (nSPS) is 16.6. The first kappa shape index (κ1) is 21.2. The maximum atomic E-state index is 13.0. The first-order chi connectivity index (χ1) is 15.0. The minimum absolute atomic E-state index is 0.00351. The van der Waals surface area contributed by atoms with Gasteiger partial charge in [0, 0.05) is 19.6 Å². The van der Waals surface area contributed by atoms with Crippen LogP contribution < -0.4 is 5.32 Å². The first-order valence-corrected chi connectivity index (χ1v) is 11.4. The third kappa shape index (κ3) is 4.82. The molecule has 160 valence electrons. The zero-order chi connectivity index (χ0) is 21.8. The molecule has 0 unspecified atom stereocenters. The number of nitrogens with zero attached hydrogens (tertiary/aromatic N) is 3. The monoisotopic (exact) mass is 434 g/mol. The molecule has 2 aromatic carbocycles. The topological polar surface area (TPSA) is 75.2 Å². The molecule has 0 radical (unpaired) electrons. The second kappa shape index (κ2) is 9.39. The fourth-order valence-electron chi connectivity index (χ4n) is 3.93. The minimum Gasteiger partial charge on any atom is -0.354 e. The Kier molecular flexibility index (Phi) is 6.42. The number of rotatable bonds is 5. The molecule has 2 amide bonds. The Bertz CT molecular complexity index is 1080. The Morgan fingerprint density at radius 1 is 1.19 bits per heavy atom. The van der Waals surface area contributed by atoms with E-state index in [9.17, 15) is 9.59 Å². The van der Waals surface area contributed by atoms with Crippen LogP contribution in [0.2, 0.25) is 0 Å². The van der Waals surface area contributed by atoms with Gasteiger partial charge in [0.2, 0.25) is 5.91 Å². The molecule has 1 saturated heterocycles. The fourth-order valence-corrected chi connectivity index (χ4v) is 4.65. The molecule has 0 bridgehead atoms. The van der Waals surface area contributed by atoms with Gasteiger partial charge >= 0.3 is 0 Å². The van der Waals surface area contributed by atoms with E-state index in [2.05, 4.69) is 70.4 Å². The average Bonchev–Trinajstić information content (AvgIpc) is 3.19. The fraction of sp³-hybridized carbons (Fsp3) is 0.333. The van der Waals surface area contributed by atoms with Crippen molar-refractivity contribution < 1.29 is 9.59 Å². The highest BCUT2D eigenvalue weighted by atomic mass is 32.1. The van der Waals surface area contributed by atoms with Crippen LogP contribution in [0.1, 0.15) is 33.4 Å². The van der Waals surface area contributed by atoms with Crippen LogP contribution in [-0.4, -0.2) is 45.9 Å². The largest absolute Gasteiger partial charge is 0.354 e. The van der Waals surface area contributed by atoms with E-state index in [1.165, 1.54) is 11.1 Å². The summed E-state index contributed by atoms with van der Waals surface area (Å²) in [6.07, 6.45) is 1.25. The molecule has 1 aromatic heterocycles. The lowest BCUT2D eigenvalue weighted by Gasteiger charge is -2.23. The van der Waals surface area contributed by atoms with Gasteiger partial charge in [-0.2, -0.15) is 0 Å². The van der Waals surface area contributed by atoms with Gasteiger partial charge in [0.05, 0.1) is 11.6 Å². The molecule has 7 heteroatoms. The molecule has 1 fully saturated rings. The van der Waals surface area contributed by atoms with Crippen LogP contribution in [0.5, 0.6) is 0 Å². The summed E-state index contributed by atoms with van der Waals surface area (Å²) in [5, 5.41) is 7.01. The molecule has 1 atom stereocenters. The Balaban J connectivity index is 1.49. The summed E-state index contributed by atoms with van der Waals surface area (Å²) < 4.78 is 3.93. The predicted octanol–water partition coefficient (Wildman–Crippen LogP) is 3.51. The highest BCUT2D eigenvalue weighted by Crippen LogP contribution is 2.23. The van der Waals surface area contributed by atoms with Crippen LogP contribution in [0.4, 0.5) is 0 Å². The van der Waals surface area contributed by atoms with Crippen molar-refractivity contribution in [2.75, 3.05) is 19.6 Å². The van der Waals surface area contributed by atoms with Crippen LogP contribution in [-0.2, 0) is 17.6 Å². The minimum atomic E-state index is -0.290. The molecule has 1 aliphatic heterocycles. The van der Waals surface area contributed by atoms with Crippen molar-refractivity contribution in [1.29, 1.82) is 0 Å². The van der Waals surface area contributed by atoms with Gasteiger partial charge < -0.3 is 10.2 Å². The van der Waals surface area contributed by atoms with Gasteiger partial charge in [0.15, 0.2) is 0 Å². The number of benzene rings is 2. The number of amides is 2. The molecule has 0 spiro atoms. The number of hydrogen-bond acceptors (Lipinski definition) is 5. The number of aromatic nitrogens is 2. The van der Waals surface area contributed by atoms with Gasteiger partial charge in [-0.1, -0.05) is 65.5 Å². The van der Waals surface area contributed by atoms with Gasteiger partial charge in [0.1, 0.15) is 4.88 Å². The highest BCUT2D eigenvalue weighted by molar-refractivity contribution is 7.08. The zero-order valence-corrected chi connectivity index (χ0v) is 18.6. The van der Waals surface area contributed by atoms with Crippen molar-refractivity contribution in [3.05, 3.63) is 70.2 Å². The van der Waals surface area contributed by atoms with Crippen LogP contribution in [0.25, 0.3) is 11.1 Å². The standard InChI is InChI=1S/C24H26N4O2S/c1-3-21-22(31-27-26-21)24(30)28-12-11-25-23(29)20(15-28)14-17-7-9-18(10-8-17)19-6-4-5-16(2)13-19/h4-10,13,20H,3,11-12,14-15H2,1-2H3,(H,25,29)/t20-/m0/s1. The Labute approximate surface area is 186 Å². The van der Waals surface area contributed by atoms with E-state index in [1.54, 1.807) is 4.90 Å². The van der Waals surface area contributed by atoms with E-state index in [-0.39, 0.29) is 17.7 Å². The predicted molar refractivity (Wildman–Crippen MR) is 122 cm³/mol. The average molecular weight is 435 g/mol. The van der Waals surface area contributed by atoms with Crippen molar-refractivity contribution in [1.82, 2.24) is 19.8 Å². The maximum Gasteiger partial charge on any atom is 0.267 e. The molecule has 1 N–H and O–H groups in total. The van der Waals surface area contributed by atoms with Crippen molar-refractivity contribution in [2.45, 2.75) is 26.7 Å². The van der Waals surface area contributed by atoms with Crippen LogP contribution >= 0.6 is 11.5 Å². The van der Waals surface area contributed by atoms with E-state index in [0.29, 0.717) is 37.4 Å². The molecule has 31 heavy (non-hydrogen) atoms. The van der Waals surface area contributed by atoms with Gasteiger partial charge in [-0.15, -0.1) is 5.10 Å². The molecule has 0 saturated carbocycles. The molecular weight excluding hydrogens is 408 g/mol. The summed E-state index contributed by atoms with van der Waals surface area (Å²) >= 11 is 1.13. The van der Waals surface area contributed by atoms with Crippen molar-refractivity contribution >= 4 is 23.3 Å². The lowest BCUT2D eigenvalue weighted by molar-refractivity contribution is -0.124. The van der Waals surface area contributed by atoms with Gasteiger partial charge in [-0.3, -0.25) is 9.59 Å². The van der Waals surface area contributed by atoms with Gasteiger partial charge in [-0.25, -0.2) is 0 Å². The summed E-state index contributed by atoms with van der Waals surface area (Å²) in [5.74, 6) is -0.374. The molecular formula is C24H26N4O2S. The highest BCUT2D eigenvalue weighted by Gasteiger charge is 2.30. The van der Waals surface area contributed by atoms with E-state index >= 15 is 0 Å². The lowest BCUT2D eigenvalue weighted by atomic mass is 9.95. The van der Waals surface area contributed by atoms with Gasteiger partial charge in [-0.05, 0) is 48.0 Å². The summed E-state index contributed by atoms with van der Waals surface area (Å²) in [6.45, 7) is 5.40. The third-order valence-electron chi connectivity index (χ3n) is 5.65. The molecule has 0 aliphatic carbocycles. The molecule has 6 nitrogen and oxygen atoms in total. The lowest BCUT2D eigenvalue weighted by Crippen LogP contribution is -2.37. The number of carbonyl (C=O) groups excluding carboxylic acids is 2. The smallest absolute Gasteiger partial charge is 0.267 e. The molecule has 4 rings (SSSR count). The number of nitrogens with one attached hydrogen (secondary N) is 1. The number of carbonyl (C=O) groups is 2. The maximum absolute atomic E-state index is 13.0. The quantitative estimate of drug-likeness (QED) is 0.667. The summed E-state index contributed by atoms with van der Waals surface area (Å²) in [7, 11) is 0. The summed E-state index contributed by atoms with van der Waals surface area (Å²) in [4.78, 5) is 28.0. The van der Waals surface area contributed by atoms with E-state index in [4.69, 9.17) is 0 Å². The summed E-state index contributed by atoms with van der Waals surface area (Å²) in [6, 6.07) is 16.7. The van der Waals surface area contributed by atoms with E-state index < -0.39 is 0 Å². The van der Waals surface area contributed by atoms with Crippen molar-refractivity contribution in [2.24, 2.45) is 5.92 Å². The Morgan fingerprint density at radius 2 is 2.00 bits per heavy atom. The molecule has 2 heterocycles. The van der Waals surface area contributed by atoms with Crippen LogP contribution in [0.3, 0.4) is 0 Å². The Hall–Kier alpha value is -3.06. The van der Waals surface area contributed by atoms with Crippen molar-refractivity contribution in [3.63, 3.8) is 0 Å². The number of aryl methyl sites for hydroxylation is 2. The van der Waals surface area contributed by atoms with E-state index in [1.807, 2.05) is 6.92 Å². The summed E-state index contributed by atoms with van der Waals surface area (Å²) in [5.41, 5.74) is 5.37. The van der Waals surface area contributed by atoms with Crippen LogP contribution in [0.15, 0.2) is 48.5 Å². The zero-order valence-electron chi connectivity index (χ0n) is 17.8. The van der Waals surface area contributed by atoms with Crippen molar-refractivity contribution in [3.8, 4) is 11.1 Å². The first-order valence-electron chi connectivity index (χ1n) is 10.6. The second-order valence-corrected chi connectivity index (χ2v) is 8.67. The number of hydrogen-bond donors (Lipinski definition) is 1. The molecule has 1 aliphatic rings. The van der Waals surface area contributed by atoms with Gasteiger partial charge in [0.25, 0.3) is 5.91 Å². The Morgan fingerprint density at radius 3 is 2.74 bits per heavy atom. The third-order valence-corrected chi connectivity index (χ3v) is 6.41. The van der Waals surface area contributed by atoms with Crippen LogP contribution in [0, 0.1) is 12.8 Å². The SMILES string of the molecule is CCc1nnsc1C(=O)N1CCNC(=O)[C@@H](Cc2ccc(-c3cccc(C)c3)cc2)C1. The van der Waals surface area contributed by atoms with E-state index in [0.717, 1.165) is 28.4 Å². The second-order valence-electron chi connectivity index (χ2n) is 7.91. The molecule has 3 aromatic rings.